The fraction of sp³-hybridized carbons (Fsp3) is 0.250. The molecule has 0 radical (unpaired) electrons. The van der Waals surface area contributed by atoms with Crippen molar-refractivity contribution in [3.8, 4) is 0 Å². The maximum absolute atomic E-state index is 14.1. The van der Waals surface area contributed by atoms with Crippen molar-refractivity contribution in [1.82, 2.24) is 0 Å². The maximum Gasteiger partial charge on any atom is 0.151 e. The van der Waals surface area contributed by atoms with Crippen LogP contribution in [-0.4, -0.2) is 11.4 Å². The average molecular weight is 316 g/mol. The van der Waals surface area contributed by atoms with Gasteiger partial charge in [0, 0.05) is 0 Å². The van der Waals surface area contributed by atoms with E-state index in [9.17, 15) is 8.78 Å². The van der Waals surface area contributed by atoms with E-state index in [1.807, 2.05) is 0 Å². The molecule has 0 aromatic heterocycles. The molecule has 1 heterocycles. The molecular weight excluding hydrogens is 304 g/mol. The van der Waals surface area contributed by atoms with Crippen LogP contribution in [0.1, 0.15) is 19.4 Å². The second kappa shape index (κ2) is 4.35. The van der Waals surface area contributed by atoms with E-state index >= 15 is 0 Å². The second-order valence-electron chi connectivity index (χ2n) is 4.45. The number of nitrogens with zero attached hydrogens (tertiary/aromatic N) is 1. The van der Waals surface area contributed by atoms with Crippen molar-refractivity contribution in [3.05, 3.63) is 40.0 Å². The Hall–Kier alpha value is -1.43. The summed E-state index contributed by atoms with van der Waals surface area (Å²) in [6.45, 7) is 3.61. The minimum atomic E-state index is -0.690. The first-order valence-corrected chi connectivity index (χ1v) is 6.09. The standard InChI is InChI=1S/C12H12BrF2N3/c1-12(2)17-7(3-4-16)9-8(18-12)5-6(14)10(13)11(9)15/h3-5,18H,16H2,1-2H3. The van der Waals surface area contributed by atoms with Crippen molar-refractivity contribution in [2.45, 2.75) is 19.5 Å². The van der Waals surface area contributed by atoms with Crippen LogP contribution in [0.2, 0.25) is 0 Å². The number of hydrogen-bond acceptors (Lipinski definition) is 3. The van der Waals surface area contributed by atoms with Crippen molar-refractivity contribution < 1.29 is 8.78 Å². The molecule has 0 bridgehead atoms. The minimum Gasteiger partial charge on any atom is -0.405 e. The van der Waals surface area contributed by atoms with E-state index in [4.69, 9.17) is 5.73 Å². The summed E-state index contributed by atoms with van der Waals surface area (Å²) in [5, 5.41) is 2.97. The Morgan fingerprint density at radius 2 is 2.11 bits per heavy atom. The summed E-state index contributed by atoms with van der Waals surface area (Å²) in [6, 6.07) is 1.24. The topological polar surface area (TPSA) is 50.4 Å². The first-order valence-electron chi connectivity index (χ1n) is 5.30. The van der Waals surface area contributed by atoms with Gasteiger partial charge in [-0.2, -0.15) is 0 Å². The van der Waals surface area contributed by atoms with Crippen LogP contribution >= 0.6 is 15.9 Å². The SMILES string of the molecule is CC1(C)N=C(C=CN)c2c(cc(F)c(Br)c2F)N1. The molecule has 1 aromatic carbocycles. The van der Waals surface area contributed by atoms with Gasteiger partial charge in [-0.1, -0.05) is 0 Å². The van der Waals surface area contributed by atoms with Gasteiger partial charge in [-0.25, -0.2) is 8.78 Å². The minimum absolute atomic E-state index is 0.208. The molecule has 1 aliphatic heterocycles. The fourth-order valence-electron chi connectivity index (χ4n) is 1.87. The monoisotopic (exact) mass is 315 g/mol. The number of hydrogen-bond donors (Lipinski definition) is 2. The van der Waals surface area contributed by atoms with E-state index in [0.717, 1.165) is 0 Å². The molecule has 0 fully saturated rings. The van der Waals surface area contributed by atoms with E-state index in [2.05, 4.69) is 26.2 Å². The lowest BCUT2D eigenvalue weighted by molar-refractivity contribution is 0.557. The van der Waals surface area contributed by atoms with Gasteiger partial charge in [-0.15, -0.1) is 0 Å². The highest BCUT2D eigenvalue weighted by molar-refractivity contribution is 9.10. The van der Waals surface area contributed by atoms with Crippen molar-refractivity contribution in [3.63, 3.8) is 0 Å². The molecule has 0 atom stereocenters. The summed E-state index contributed by atoms with van der Waals surface area (Å²) in [6.07, 6.45) is 2.77. The molecular formula is C12H12BrF2N3. The molecule has 0 spiro atoms. The number of halogens is 3. The lowest BCUT2D eigenvalue weighted by Crippen LogP contribution is -2.35. The van der Waals surface area contributed by atoms with Crippen LogP contribution in [0.25, 0.3) is 0 Å². The molecule has 0 saturated heterocycles. The van der Waals surface area contributed by atoms with Crippen LogP contribution in [-0.2, 0) is 0 Å². The Labute approximate surface area is 112 Å². The molecule has 3 nitrogen and oxygen atoms in total. The van der Waals surface area contributed by atoms with Gasteiger partial charge in [0.05, 0.1) is 21.4 Å². The highest BCUT2D eigenvalue weighted by Crippen LogP contribution is 2.34. The second-order valence-corrected chi connectivity index (χ2v) is 5.24. The van der Waals surface area contributed by atoms with Gasteiger partial charge in [0.25, 0.3) is 0 Å². The number of fused-ring (bicyclic) bond motifs is 1. The Balaban J connectivity index is 2.73. The van der Waals surface area contributed by atoms with E-state index in [0.29, 0.717) is 11.4 Å². The third-order valence-electron chi connectivity index (χ3n) is 2.51. The van der Waals surface area contributed by atoms with Crippen LogP contribution in [0.3, 0.4) is 0 Å². The Kier molecular flexibility index (Phi) is 3.14. The van der Waals surface area contributed by atoms with Crippen LogP contribution < -0.4 is 11.1 Å². The first-order chi connectivity index (χ1) is 8.35. The van der Waals surface area contributed by atoms with Crippen LogP contribution in [0.4, 0.5) is 14.5 Å². The highest BCUT2D eigenvalue weighted by atomic mass is 79.9. The first kappa shape index (κ1) is 13.0. The number of rotatable bonds is 1. The summed E-state index contributed by atoms with van der Waals surface area (Å²) in [4.78, 5) is 4.33. The molecule has 0 unspecified atom stereocenters. The zero-order valence-corrected chi connectivity index (χ0v) is 11.5. The molecule has 3 N–H and O–H groups in total. The zero-order valence-electron chi connectivity index (χ0n) is 9.89. The normalized spacial score (nSPS) is 17.3. The third kappa shape index (κ3) is 2.12. The van der Waals surface area contributed by atoms with Crippen LogP contribution in [0, 0.1) is 11.6 Å². The van der Waals surface area contributed by atoms with Gasteiger partial charge in [-0.3, -0.25) is 4.99 Å². The van der Waals surface area contributed by atoms with Gasteiger partial charge in [0.2, 0.25) is 0 Å². The van der Waals surface area contributed by atoms with E-state index in [1.54, 1.807) is 13.8 Å². The summed E-state index contributed by atoms with van der Waals surface area (Å²) in [5.41, 5.74) is 5.65. The number of nitrogens with one attached hydrogen (secondary N) is 1. The molecule has 0 saturated carbocycles. The van der Waals surface area contributed by atoms with Crippen LogP contribution in [0.5, 0.6) is 0 Å². The predicted octanol–water partition coefficient (Wildman–Crippen LogP) is 3.15. The molecule has 18 heavy (non-hydrogen) atoms. The Bertz CT molecular complexity index is 565. The summed E-state index contributed by atoms with van der Waals surface area (Å²) >= 11 is 2.88. The number of nitrogens with two attached hydrogens (primary N) is 1. The van der Waals surface area contributed by atoms with Gasteiger partial charge in [0.15, 0.2) is 5.82 Å². The lowest BCUT2D eigenvalue weighted by atomic mass is 10.0. The summed E-state index contributed by atoms with van der Waals surface area (Å²) < 4.78 is 27.4. The molecule has 2 rings (SSSR count). The smallest absolute Gasteiger partial charge is 0.151 e. The quantitative estimate of drug-likeness (QED) is 0.782. The number of benzene rings is 1. The molecule has 1 aromatic rings. The van der Waals surface area contributed by atoms with Gasteiger partial charge >= 0.3 is 0 Å². The lowest BCUT2D eigenvalue weighted by Gasteiger charge is -2.31. The predicted molar refractivity (Wildman–Crippen MR) is 71.6 cm³/mol. The molecule has 96 valence electrons. The van der Waals surface area contributed by atoms with E-state index < -0.39 is 17.3 Å². The van der Waals surface area contributed by atoms with Crippen molar-refractivity contribution >= 4 is 27.3 Å². The molecule has 0 aliphatic carbocycles. The van der Waals surface area contributed by atoms with E-state index in [1.165, 1.54) is 18.3 Å². The average Bonchev–Trinajstić information content (AvgIpc) is 2.24. The Morgan fingerprint density at radius 3 is 2.72 bits per heavy atom. The number of anilines is 1. The third-order valence-corrected chi connectivity index (χ3v) is 3.24. The Morgan fingerprint density at radius 1 is 1.44 bits per heavy atom. The number of aliphatic imine (C=N–C) groups is 1. The van der Waals surface area contributed by atoms with Gasteiger partial charge in [0.1, 0.15) is 11.5 Å². The van der Waals surface area contributed by atoms with Crippen molar-refractivity contribution in [1.29, 1.82) is 0 Å². The van der Waals surface area contributed by atoms with Crippen LogP contribution in [0.15, 0.2) is 27.8 Å². The van der Waals surface area contributed by atoms with Gasteiger partial charge in [-0.05, 0) is 48.1 Å². The molecule has 1 aliphatic rings. The van der Waals surface area contributed by atoms with Crippen molar-refractivity contribution in [2.75, 3.05) is 5.32 Å². The number of allylic oxidation sites excluding steroid dienone is 1. The molecule has 6 heteroatoms. The van der Waals surface area contributed by atoms with E-state index in [-0.39, 0.29) is 10.0 Å². The highest BCUT2D eigenvalue weighted by Gasteiger charge is 2.29. The molecule has 0 amide bonds. The van der Waals surface area contributed by atoms with Crippen molar-refractivity contribution in [2.24, 2.45) is 10.7 Å². The summed E-state index contributed by atoms with van der Waals surface area (Å²) in [5.74, 6) is -1.35. The largest absolute Gasteiger partial charge is 0.405 e. The van der Waals surface area contributed by atoms with Gasteiger partial charge < -0.3 is 11.1 Å². The zero-order chi connectivity index (χ0) is 13.5. The maximum atomic E-state index is 14.1. The summed E-state index contributed by atoms with van der Waals surface area (Å²) in [7, 11) is 0. The fourth-order valence-corrected chi connectivity index (χ4v) is 2.18.